The normalized spacial score (nSPS) is 17.3. The third kappa shape index (κ3) is 8.23. The highest BCUT2D eigenvalue weighted by atomic mass is 19.3. The van der Waals surface area contributed by atoms with Gasteiger partial charge in [-0.2, -0.15) is 0 Å². The predicted molar refractivity (Wildman–Crippen MR) is 181 cm³/mol. The minimum atomic E-state index is -2.69. The van der Waals surface area contributed by atoms with Crippen molar-refractivity contribution in [2.45, 2.75) is 25.7 Å². The first-order chi connectivity index (χ1) is 24.5. The summed E-state index contributed by atoms with van der Waals surface area (Å²) in [5.74, 6) is -3.25. The van der Waals surface area contributed by atoms with Gasteiger partial charge < -0.3 is 24.3 Å². The van der Waals surface area contributed by atoms with Crippen LogP contribution in [-0.2, 0) is 14.3 Å². The summed E-state index contributed by atoms with van der Waals surface area (Å²) in [5, 5.41) is 3.17. The third-order valence-corrected chi connectivity index (χ3v) is 8.43. The monoisotopic (exact) mass is 706 g/mol. The van der Waals surface area contributed by atoms with Gasteiger partial charge >= 0.3 is 0 Å². The highest BCUT2D eigenvalue weighted by Crippen LogP contribution is 2.38. The number of hydrogen-bond acceptors (Lipinski definition) is 8. The highest BCUT2D eigenvalue weighted by Gasteiger charge is 2.37. The number of aromatic nitrogens is 1. The van der Waals surface area contributed by atoms with Crippen LogP contribution in [0.1, 0.15) is 19.8 Å². The van der Waals surface area contributed by atoms with Crippen molar-refractivity contribution in [3.8, 4) is 23.0 Å². The maximum Gasteiger partial charge on any atom is 0.261 e. The van der Waals surface area contributed by atoms with Crippen LogP contribution in [0.25, 0.3) is 10.9 Å². The molecule has 266 valence electrons. The zero-order valence-corrected chi connectivity index (χ0v) is 27.8. The summed E-state index contributed by atoms with van der Waals surface area (Å²) in [6, 6.07) is 14.2. The van der Waals surface area contributed by atoms with E-state index in [9.17, 15) is 22.8 Å². The van der Waals surface area contributed by atoms with Crippen LogP contribution in [-0.4, -0.2) is 68.1 Å². The van der Waals surface area contributed by atoms with Crippen molar-refractivity contribution in [2.24, 2.45) is 0 Å². The lowest BCUT2D eigenvalue weighted by atomic mass is 10.1. The number of ether oxygens (including phenoxy) is 4. The Bertz CT molecular complexity index is 2000. The molecule has 0 radical (unpaired) electrons. The van der Waals surface area contributed by atoms with E-state index in [2.05, 4.69) is 10.3 Å². The van der Waals surface area contributed by atoms with Gasteiger partial charge in [-0.1, -0.05) is 0 Å². The molecule has 0 unspecified atom stereocenters. The topological polar surface area (TPSA) is 102 Å². The molecule has 3 aromatic carbocycles. The van der Waals surface area contributed by atoms with Crippen molar-refractivity contribution in [1.82, 2.24) is 9.88 Å². The molecule has 4 aromatic rings. The number of methoxy groups -OCH3 is 1. The van der Waals surface area contributed by atoms with Crippen LogP contribution in [0.4, 0.5) is 28.9 Å². The standard InChI is InChI=1S/C37H34F4N4O6/c1-23(35-24(10-15-50-35)20-45(22-46)27-6-3-25(38)4-7-27)36(47)43-26-5-8-32(29(39)17-26)51-31-9-12-42-30-19-34(33(48-2)18-28(30)31)49-16-14-44-13-11-37(40,41)21-44/h3-9,12,17-20,22H,10-11,13-16,21H2,1-2H3,(H,43,47)/b24-20-,35-23-. The summed E-state index contributed by atoms with van der Waals surface area (Å²) in [4.78, 5) is 32.2. The SMILES string of the molecule is COc1cc2c(Oc3ccc(NC(=O)/C(C)=C4\OCC\C4=C\N(C=O)c4ccc(F)cc4)cc3F)ccnc2cc1OCCN1CCC(F)(F)C1. The number of benzene rings is 3. The molecule has 2 aliphatic rings. The van der Waals surface area contributed by atoms with E-state index in [0.29, 0.717) is 59.6 Å². The Kier molecular flexibility index (Phi) is 10.4. The van der Waals surface area contributed by atoms with E-state index >= 15 is 4.39 Å². The molecule has 10 nitrogen and oxygen atoms in total. The van der Waals surface area contributed by atoms with Crippen LogP contribution in [0, 0.1) is 11.6 Å². The minimum absolute atomic E-state index is 0.114. The van der Waals surface area contributed by atoms with E-state index in [4.69, 9.17) is 18.9 Å². The van der Waals surface area contributed by atoms with E-state index in [-0.39, 0.29) is 54.7 Å². The second kappa shape index (κ2) is 15.1. The number of anilines is 2. The molecular formula is C37H34F4N4O6. The Balaban J connectivity index is 1.14. The molecule has 1 N–H and O–H groups in total. The maximum atomic E-state index is 15.3. The largest absolute Gasteiger partial charge is 0.493 e. The van der Waals surface area contributed by atoms with Crippen molar-refractivity contribution in [3.63, 3.8) is 0 Å². The fourth-order valence-corrected chi connectivity index (χ4v) is 5.77. The molecule has 0 atom stereocenters. The molecular weight excluding hydrogens is 672 g/mol. The molecule has 2 saturated heterocycles. The number of rotatable bonds is 12. The molecule has 0 bridgehead atoms. The Labute approximate surface area is 290 Å². The van der Waals surface area contributed by atoms with E-state index < -0.39 is 23.5 Å². The Morgan fingerprint density at radius 1 is 1.06 bits per heavy atom. The molecule has 51 heavy (non-hydrogen) atoms. The summed E-state index contributed by atoms with van der Waals surface area (Å²) in [7, 11) is 1.46. The van der Waals surface area contributed by atoms with Crippen LogP contribution in [0.2, 0.25) is 0 Å². The summed E-state index contributed by atoms with van der Waals surface area (Å²) < 4.78 is 78.8. The molecule has 6 rings (SSSR count). The van der Waals surface area contributed by atoms with Crippen molar-refractivity contribution >= 4 is 34.6 Å². The molecule has 2 amide bonds. The predicted octanol–water partition coefficient (Wildman–Crippen LogP) is 7.21. The van der Waals surface area contributed by atoms with Gasteiger partial charge in [0.15, 0.2) is 23.1 Å². The van der Waals surface area contributed by atoms with Gasteiger partial charge in [0.1, 0.15) is 23.9 Å². The number of alkyl halides is 2. The summed E-state index contributed by atoms with van der Waals surface area (Å²) in [6.07, 6.45) is 3.84. The van der Waals surface area contributed by atoms with E-state index in [1.165, 1.54) is 60.8 Å². The lowest BCUT2D eigenvalue weighted by Gasteiger charge is -2.17. The Morgan fingerprint density at radius 2 is 1.86 bits per heavy atom. The lowest BCUT2D eigenvalue weighted by molar-refractivity contribution is -0.113. The van der Waals surface area contributed by atoms with E-state index in [0.717, 1.165) is 6.07 Å². The van der Waals surface area contributed by atoms with Gasteiger partial charge in [0.2, 0.25) is 6.41 Å². The van der Waals surface area contributed by atoms with E-state index in [1.54, 1.807) is 30.0 Å². The molecule has 2 fully saturated rings. The first kappa shape index (κ1) is 35.2. The van der Waals surface area contributed by atoms with Crippen molar-refractivity contribution < 1.29 is 46.1 Å². The van der Waals surface area contributed by atoms with Crippen molar-refractivity contribution in [2.75, 3.05) is 50.2 Å². The number of allylic oxidation sites excluding steroid dienone is 1. The minimum Gasteiger partial charge on any atom is -0.493 e. The number of nitrogens with one attached hydrogen (secondary N) is 1. The Hall–Kier alpha value is -5.63. The van der Waals surface area contributed by atoms with Gasteiger partial charge in [0.25, 0.3) is 11.8 Å². The zero-order valence-electron chi connectivity index (χ0n) is 27.8. The number of nitrogens with zero attached hydrogens (tertiary/aromatic N) is 3. The summed E-state index contributed by atoms with van der Waals surface area (Å²) in [5.41, 5.74) is 1.87. The fraction of sp³-hybridized carbons (Fsp3) is 0.270. The molecule has 3 heterocycles. The number of pyridine rings is 1. The highest BCUT2D eigenvalue weighted by molar-refractivity contribution is 6.04. The third-order valence-electron chi connectivity index (χ3n) is 8.43. The van der Waals surface area contributed by atoms with Crippen LogP contribution < -0.4 is 24.4 Å². The average molecular weight is 707 g/mol. The smallest absolute Gasteiger partial charge is 0.261 e. The Morgan fingerprint density at radius 3 is 2.57 bits per heavy atom. The number of carbonyl (C=O) groups excluding carboxylic acids is 2. The van der Waals surface area contributed by atoms with Crippen LogP contribution >= 0.6 is 0 Å². The molecule has 0 aliphatic carbocycles. The van der Waals surface area contributed by atoms with Gasteiger partial charge in [-0.15, -0.1) is 0 Å². The molecule has 14 heteroatoms. The van der Waals surface area contributed by atoms with Crippen LogP contribution in [0.3, 0.4) is 0 Å². The number of carbonyl (C=O) groups is 2. The number of likely N-dealkylation sites (tertiary alicyclic amines) is 1. The van der Waals surface area contributed by atoms with Crippen molar-refractivity contribution in [1.29, 1.82) is 0 Å². The second-order valence-electron chi connectivity index (χ2n) is 12.0. The van der Waals surface area contributed by atoms with Crippen LogP contribution in [0.5, 0.6) is 23.0 Å². The molecule has 0 spiro atoms. The molecule has 0 saturated carbocycles. The molecule has 1 aromatic heterocycles. The lowest BCUT2D eigenvalue weighted by Crippen LogP contribution is -2.29. The summed E-state index contributed by atoms with van der Waals surface area (Å²) in [6.45, 7) is 2.33. The zero-order chi connectivity index (χ0) is 36.1. The fourth-order valence-electron chi connectivity index (χ4n) is 5.77. The average Bonchev–Trinajstić information content (AvgIpc) is 3.73. The van der Waals surface area contributed by atoms with Gasteiger partial charge in [-0.05, 0) is 55.5 Å². The maximum absolute atomic E-state index is 15.3. The molecule has 2 aliphatic heterocycles. The summed E-state index contributed by atoms with van der Waals surface area (Å²) >= 11 is 0. The van der Waals surface area contributed by atoms with Gasteiger partial charge in [-0.3, -0.25) is 24.4 Å². The first-order valence-corrected chi connectivity index (χ1v) is 16.1. The number of halogens is 4. The van der Waals surface area contributed by atoms with Gasteiger partial charge in [0, 0.05) is 72.8 Å². The second-order valence-corrected chi connectivity index (χ2v) is 12.0. The number of hydrogen-bond donors (Lipinski definition) is 1. The van der Waals surface area contributed by atoms with Crippen molar-refractivity contribution in [3.05, 3.63) is 102 Å². The van der Waals surface area contributed by atoms with Crippen LogP contribution in [0.15, 0.2) is 90.0 Å². The quantitative estimate of drug-likeness (QED) is 0.0937. The van der Waals surface area contributed by atoms with E-state index in [1.807, 2.05) is 0 Å². The van der Waals surface area contributed by atoms with Gasteiger partial charge in [0.05, 0.1) is 31.4 Å². The number of fused-ring (bicyclic) bond motifs is 1. The first-order valence-electron chi connectivity index (χ1n) is 16.1. The number of amides is 2. The van der Waals surface area contributed by atoms with Gasteiger partial charge in [-0.25, -0.2) is 17.6 Å².